The van der Waals surface area contributed by atoms with Crippen molar-refractivity contribution in [1.82, 2.24) is 24.3 Å². The van der Waals surface area contributed by atoms with E-state index < -0.39 is 0 Å². The predicted octanol–water partition coefficient (Wildman–Crippen LogP) is 2.08. The Labute approximate surface area is 148 Å². The van der Waals surface area contributed by atoms with E-state index in [4.69, 9.17) is 4.98 Å². The molecule has 1 aliphatic rings. The van der Waals surface area contributed by atoms with Gasteiger partial charge in [-0.1, -0.05) is 12.1 Å². The second-order valence-corrected chi connectivity index (χ2v) is 6.55. The molecule has 1 aliphatic heterocycles. The first-order valence-electron chi connectivity index (χ1n) is 8.84. The van der Waals surface area contributed by atoms with Gasteiger partial charge in [0.15, 0.2) is 0 Å². The van der Waals surface area contributed by atoms with E-state index in [9.17, 15) is 0 Å². The van der Waals surface area contributed by atoms with Crippen molar-refractivity contribution >= 4 is 16.7 Å². The Hall–Kier alpha value is -2.44. The SMILES string of the molecule is CN1CCN(CCNc2nc(-n3cccc3)nc3ccccc23)CC1. The molecule has 0 saturated carbocycles. The van der Waals surface area contributed by atoms with Gasteiger partial charge >= 0.3 is 0 Å². The van der Waals surface area contributed by atoms with Crippen LogP contribution in [0, 0.1) is 0 Å². The van der Waals surface area contributed by atoms with Gasteiger partial charge in [-0.3, -0.25) is 9.47 Å². The van der Waals surface area contributed by atoms with Gasteiger partial charge in [-0.2, -0.15) is 4.98 Å². The fraction of sp³-hybridized carbons (Fsp3) is 0.368. The van der Waals surface area contributed by atoms with Gasteiger partial charge < -0.3 is 10.2 Å². The second-order valence-electron chi connectivity index (χ2n) is 6.55. The van der Waals surface area contributed by atoms with Gasteiger partial charge in [0, 0.05) is 57.0 Å². The number of fused-ring (bicyclic) bond motifs is 1. The van der Waals surface area contributed by atoms with Crippen molar-refractivity contribution in [2.75, 3.05) is 51.6 Å². The van der Waals surface area contributed by atoms with Crippen LogP contribution in [0.2, 0.25) is 0 Å². The quantitative estimate of drug-likeness (QED) is 0.773. The molecule has 25 heavy (non-hydrogen) atoms. The average Bonchev–Trinajstić information content (AvgIpc) is 3.18. The number of aromatic nitrogens is 3. The highest BCUT2D eigenvalue weighted by Gasteiger charge is 2.13. The molecular formula is C19H24N6. The van der Waals surface area contributed by atoms with Crippen LogP contribution in [0.5, 0.6) is 0 Å². The van der Waals surface area contributed by atoms with Gasteiger partial charge in [0.05, 0.1) is 5.52 Å². The molecule has 0 radical (unpaired) electrons. The fourth-order valence-corrected chi connectivity index (χ4v) is 3.19. The number of hydrogen-bond acceptors (Lipinski definition) is 5. The molecule has 0 aliphatic carbocycles. The van der Waals surface area contributed by atoms with Crippen LogP contribution < -0.4 is 5.32 Å². The number of nitrogens with one attached hydrogen (secondary N) is 1. The number of nitrogens with zero attached hydrogens (tertiary/aromatic N) is 5. The van der Waals surface area contributed by atoms with Crippen molar-refractivity contribution in [2.45, 2.75) is 0 Å². The molecule has 1 aromatic carbocycles. The van der Waals surface area contributed by atoms with Crippen LogP contribution in [0.1, 0.15) is 0 Å². The highest BCUT2D eigenvalue weighted by molar-refractivity contribution is 5.89. The molecule has 1 saturated heterocycles. The summed E-state index contributed by atoms with van der Waals surface area (Å²) in [5.41, 5.74) is 0.961. The van der Waals surface area contributed by atoms with E-state index >= 15 is 0 Å². The van der Waals surface area contributed by atoms with Crippen molar-refractivity contribution in [2.24, 2.45) is 0 Å². The van der Waals surface area contributed by atoms with Gasteiger partial charge in [0.2, 0.25) is 5.95 Å². The molecule has 4 rings (SSSR count). The molecule has 1 fully saturated rings. The van der Waals surface area contributed by atoms with E-state index in [0.29, 0.717) is 5.95 Å². The lowest BCUT2D eigenvalue weighted by Gasteiger charge is -2.32. The van der Waals surface area contributed by atoms with Crippen LogP contribution in [-0.4, -0.2) is 70.7 Å². The van der Waals surface area contributed by atoms with Crippen LogP contribution in [0.4, 0.5) is 5.82 Å². The zero-order valence-corrected chi connectivity index (χ0v) is 14.6. The van der Waals surface area contributed by atoms with E-state index in [1.807, 2.05) is 47.3 Å². The summed E-state index contributed by atoms with van der Waals surface area (Å²) < 4.78 is 1.94. The maximum absolute atomic E-state index is 4.75. The minimum Gasteiger partial charge on any atom is -0.368 e. The van der Waals surface area contributed by atoms with Gasteiger partial charge in [0.1, 0.15) is 5.82 Å². The third-order valence-electron chi connectivity index (χ3n) is 4.74. The number of benzene rings is 1. The molecule has 1 N–H and O–H groups in total. The molecule has 3 heterocycles. The molecule has 0 atom stereocenters. The van der Waals surface area contributed by atoms with Crippen molar-refractivity contribution in [1.29, 1.82) is 0 Å². The Morgan fingerprint density at radius 1 is 0.960 bits per heavy atom. The topological polar surface area (TPSA) is 49.2 Å². The second kappa shape index (κ2) is 7.21. The van der Waals surface area contributed by atoms with Crippen LogP contribution in [0.25, 0.3) is 16.9 Å². The van der Waals surface area contributed by atoms with Gasteiger partial charge in [0.25, 0.3) is 0 Å². The summed E-state index contributed by atoms with van der Waals surface area (Å²) in [5.74, 6) is 1.61. The summed E-state index contributed by atoms with van der Waals surface area (Å²) in [4.78, 5) is 14.3. The highest BCUT2D eigenvalue weighted by atomic mass is 15.3. The zero-order chi connectivity index (χ0) is 17.1. The largest absolute Gasteiger partial charge is 0.368 e. The predicted molar refractivity (Wildman–Crippen MR) is 101 cm³/mol. The van der Waals surface area contributed by atoms with Crippen LogP contribution in [0.3, 0.4) is 0 Å². The van der Waals surface area contributed by atoms with Crippen molar-refractivity contribution in [3.8, 4) is 5.95 Å². The fourth-order valence-electron chi connectivity index (χ4n) is 3.19. The number of rotatable bonds is 5. The summed E-state index contributed by atoms with van der Waals surface area (Å²) in [6.07, 6.45) is 3.94. The number of likely N-dealkylation sites (N-methyl/N-ethyl adjacent to an activating group) is 1. The number of piperazine rings is 1. The Morgan fingerprint density at radius 2 is 1.72 bits per heavy atom. The third kappa shape index (κ3) is 3.65. The standard InChI is InChI=1S/C19H24N6/c1-23-12-14-24(15-13-23)11-8-20-18-16-6-2-3-7-17(16)21-19(22-18)25-9-4-5-10-25/h2-7,9-10H,8,11-15H2,1H3,(H,20,21,22). The lowest BCUT2D eigenvalue weighted by atomic mass is 10.2. The van der Waals surface area contributed by atoms with Gasteiger partial charge in [-0.25, -0.2) is 4.98 Å². The Kier molecular flexibility index (Phi) is 4.63. The molecule has 0 spiro atoms. The molecule has 130 valence electrons. The monoisotopic (exact) mass is 336 g/mol. The van der Waals surface area contributed by atoms with Gasteiger partial charge in [-0.05, 0) is 31.3 Å². The molecular weight excluding hydrogens is 312 g/mol. The van der Waals surface area contributed by atoms with E-state index in [2.05, 4.69) is 33.2 Å². The smallest absolute Gasteiger partial charge is 0.236 e. The molecule has 0 bridgehead atoms. The van der Waals surface area contributed by atoms with E-state index in [-0.39, 0.29) is 0 Å². The first-order valence-corrected chi connectivity index (χ1v) is 8.84. The Bertz CT molecular complexity index is 821. The maximum atomic E-state index is 4.75. The molecule has 2 aromatic heterocycles. The van der Waals surface area contributed by atoms with E-state index in [1.165, 1.54) is 0 Å². The summed E-state index contributed by atoms with van der Waals surface area (Å²) in [6.45, 7) is 6.48. The number of para-hydroxylation sites is 1. The lowest BCUT2D eigenvalue weighted by Crippen LogP contribution is -2.45. The summed E-state index contributed by atoms with van der Waals surface area (Å²) in [6, 6.07) is 12.1. The van der Waals surface area contributed by atoms with Crippen LogP contribution in [-0.2, 0) is 0 Å². The number of hydrogen-bond donors (Lipinski definition) is 1. The highest BCUT2D eigenvalue weighted by Crippen LogP contribution is 2.21. The van der Waals surface area contributed by atoms with Crippen molar-refractivity contribution < 1.29 is 0 Å². The molecule has 6 heteroatoms. The summed E-state index contributed by atoms with van der Waals surface area (Å²) in [7, 11) is 2.19. The van der Waals surface area contributed by atoms with Crippen LogP contribution in [0.15, 0.2) is 48.8 Å². The van der Waals surface area contributed by atoms with E-state index in [0.717, 1.165) is 56.0 Å². The zero-order valence-electron chi connectivity index (χ0n) is 14.6. The molecule has 0 unspecified atom stereocenters. The first-order chi connectivity index (χ1) is 12.3. The van der Waals surface area contributed by atoms with Crippen molar-refractivity contribution in [3.05, 3.63) is 48.8 Å². The average molecular weight is 336 g/mol. The minimum atomic E-state index is 0.700. The lowest BCUT2D eigenvalue weighted by molar-refractivity contribution is 0.158. The Balaban J connectivity index is 1.51. The molecule has 3 aromatic rings. The molecule has 6 nitrogen and oxygen atoms in total. The third-order valence-corrected chi connectivity index (χ3v) is 4.74. The number of anilines is 1. The van der Waals surface area contributed by atoms with E-state index in [1.54, 1.807) is 0 Å². The first kappa shape index (κ1) is 16.1. The maximum Gasteiger partial charge on any atom is 0.236 e. The van der Waals surface area contributed by atoms with Crippen molar-refractivity contribution in [3.63, 3.8) is 0 Å². The Morgan fingerprint density at radius 3 is 2.52 bits per heavy atom. The minimum absolute atomic E-state index is 0.700. The molecule has 0 amide bonds. The summed E-state index contributed by atoms with van der Waals surface area (Å²) >= 11 is 0. The van der Waals surface area contributed by atoms with Gasteiger partial charge in [-0.15, -0.1) is 0 Å². The summed E-state index contributed by atoms with van der Waals surface area (Å²) in [5, 5.41) is 4.60. The van der Waals surface area contributed by atoms with Crippen LogP contribution >= 0.6 is 0 Å². The normalized spacial score (nSPS) is 16.4.